The lowest BCUT2D eigenvalue weighted by atomic mass is 9.80. The normalized spacial score (nSPS) is 25.7. The number of thioether (sulfide) groups is 1. The zero-order valence-corrected chi connectivity index (χ0v) is 16.8. The number of hydrogen-bond donors (Lipinski definition) is 1. The third-order valence-corrected chi connectivity index (χ3v) is 6.80. The summed E-state index contributed by atoms with van der Waals surface area (Å²) in [5, 5.41) is 11.4. The first-order valence-corrected chi connectivity index (χ1v) is 10.9. The highest BCUT2D eigenvalue weighted by Gasteiger charge is 2.30. The largest absolute Gasteiger partial charge is 0.475 e. The van der Waals surface area contributed by atoms with Gasteiger partial charge in [-0.15, -0.1) is 11.8 Å². The number of hydrogen-bond acceptors (Lipinski definition) is 5. The van der Waals surface area contributed by atoms with Crippen LogP contribution in [0, 0.1) is 23.2 Å². The fraction of sp³-hybridized carbons (Fsp3) is 0.619. The van der Waals surface area contributed by atoms with Gasteiger partial charge >= 0.3 is 0 Å². The van der Waals surface area contributed by atoms with Gasteiger partial charge in [0.25, 0.3) is 0 Å². The van der Waals surface area contributed by atoms with Gasteiger partial charge in [-0.3, -0.25) is 9.69 Å². The number of nitrogens with one attached hydrogen (secondary N) is 1. The summed E-state index contributed by atoms with van der Waals surface area (Å²) >= 11 is 1.81. The molecule has 2 fully saturated rings. The van der Waals surface area contributed by atoms with E-state index in [2.05, 4.69) is 29.4 Å². The predicted molar refractivity (Wildman–Crippen MR) is 108 cm³/mol. The number of amides is 1. The van der Waals surface area contributed by atoms with E-state index in [-0.39, 0.29) is 24.6 Å². The molecule has 3 rings (SSSR count). The first kappa shape index (κ1) is 20.0. The molecule has 1 saturated heterocycles. The highest BCUT2D eigenvalue weighted by Crippen LogP contribution is 2.35. The van der Waals surface area contributed by atoms with E-state index < -0.39 is 0 Å². The summed E-state index contributed by atoms with van der Waals surface area (Å²) in [4.78, 5) is 15.8. The molecule has 5 nitrogen and oxygen atoms in total. The fourth-order valence-corrected chi connectivity index (χ4v) is 5.15. The summed E-state index contributed by atoms with van der Waals surface area (Å²) < 4.78 is 6.06. The Labute approximate surface area is 166 Å². The van der Waals surface area contributed by atoms with Crippen molar-refractivity contribution in [1.82, 2.24) is 10.2 Å². The molecule has 1 aliphatic carbocycles. The van der Waals surface area contributed by atoms with Crippen LogP contribution in [0.3, 0.4) is 0 Å². The Bertz CT molecular complexity index is 658. The summed E-state index contributed by atoms with van der Waals surface area (Å²) in [6, 6.07) is 10.3. The number of carbonyl (C=O) groups is 1. The van der Waals surface area contributed by atoms with Crippen molar-refractivity contribution in [2.45, 2.75) is 49.6 Å². The zero-order valence-electron chi connectivity index (χ0n) is 16.0. The summed E-state index contributed by atoms with van der Waals surface area (Å²) in [7, 11) is 2.11. The molecule has 1 saturated carbocycles. The topological polar surface area (TPSA) is 65.4 Å². The maximum atomic E-state index is 12.3. The molecule has 0 spiro atoms. The van der Waals surface area contributed by atoms with E-state index in [0.29, 0.717) is 5.92 Å². The van der Waals surface area contributed by atoms with E-state index >= 15 is 0 Å². The highest BCUT2D eigenvalue weighted by molar-refractivity contribution is 7.99. The molecule has 0 bridgehead atoms. The van der Waals surface area contributed by atoms with Crippen LogP contribution in [0.15, 0.2) is 29.2 Å². The number of nitriles is 1. The Kier molecular flexibility index (Phi) is 7.42. The minimum absolute atomic E-state index is 0.0418. The second-order valence-corrected chi connectivity index (χ2v) is 8.60. The van der Waals surface area contributed by atoms with Crippen LogP contribution in [0.25, 0.3) is 0 Å². The molecule has 1 unspecified atom stereocenters. The Morgan fingerprint density at radius 2 is 2.04 bits per heavy atom. The van der Waals surface area contributed by atoms with Gasteiger partial charge in [0, 0.05) is 23.1 Å². The number of ether oxygens (including phenoxy) is 1. The van der Waals surface area contributed by atoms with Crippen LogP contribution in [0.4, 0.5) is 0 Å². The van der Waals surface area contributed by atoms with Gasteiger partial charge in [0.1, 0.15) is 12.3 Å². The van der Waals surface area contributed by atoms with Crippen LogP contribution in [-0.2, 0) is 4.79 Å². The lowest BCUT2D eigenvalue weighted by molar-refractivity contribution is -0.127. The van der Waals surface area contributed by atoms with Gasteiger partial charge in [0.05, 0.1) is 6.07 Å². The van der Waals surface area contributed by atoms with E-state index in [4.69, 9.17) is 10.00 Å². The number of nitrogens with zero attached hydrogens (tertiary/aromatic N) is 2. The smallest absolute Gasteiger partial charge is 0.224 e. The van der Waals surface area contributed by atoms with Crippen LogP contribution in [0.1, 0.15) is 38.5 Å². The van der Waals surface area contributed by atoms with Crippen LogP contribution in [0.5, 0.6) is 5.75 Å². The third kappa shape index (κ3) is 5.63. The first-order valence-electron chi connectivity index (χ1n) is 9.92. The van der Waals surface area contributed by atoms with Crippen LogP contribution >= 0.6 is 11.8 Å². The van der Waals surface area contributed by atoms with Gasteiger partial charge < -0.3 is 10.1 Å². The number of rotatable bonds is 7. The van der Waals surface area contributed by atoms with Crippen molar-refractivity contribution in [3.05, 3.63) is 24.3 Å². The van der Waals surface area contributed by atoms with Gasteiger partial charge in [-0.2, -0.15) is 5.26 Å². The quantitative estimate of drug-likeness (QED) is 0.571. The molecule has 2 aliphatic rings. The fourth-order valence-electron chi connectivity index (χ4n) is 4.01. The lowest BCUT2D eigenvalue weighted by Gasteiger charge is -2.30. The average molecular weight is 388 g/mol. The van der Waals surface area contributed by atoms with Crippen LogP contribution < -0.4 is 10.1 Å². The predicted octanol–water partition coefficient (Wildman–Crippen LogP) is 3.66. The molecule has 1 amide bonds. The molecule has 0 radical (unpaired) electrons. The maximum absolute atomic E-state index is 12.3. The Balaban J connectivity index is 1.50. The SMILES string of the molecule is CN1CCCC1Oc1ccc(SC[C@@H]2CCCC[C@H]2C(=O)NCC#N)cc1. The second kappa shape index (κ2) is 10.0. The molecule has 1 aromatic rings. The summed E-state index contributed by atoms with van der Waals surface area (Å²) in [5.74, 6) is 2.33. The van der Waals surface area contributed by atoms with E-state index in [0.717, 1.165) is 43.7 Å². The van der Waals surface area contributed by atoms with Crippen LogP contribution in [0.2, 0.25) is 0 Å². The monoisotopic (exact) mass is 387 g/mol. The molecule has 1 heterocycles. The zero-order chi connectivity index (χ0) is 19.1. The number of carbonyl (C=O) groups excluding carboxylic acids is 1. The molecule has 1 aromatic carbocycles. The van der Waals surface area contributed by atoms with E-state index in [1.54, 1.807) is 0 Å². The second-order valence-electron chi connectivity index (χ2n) is 7.50. The summed E-state index contributed by atoms with van der Waals surface area (Å²) in [6.07, 6.45) is 6.79. The molecule has 1 N–H and O–H groups in total. The molecule has 1 aliphatic heterocycles. The van der Waals surface area contributed by atoms with Crippen molar-refractivity contribution in [3.63, 3.8) is 0 Å². The summed E-state index contributed by atoms with van der Waals surface area (Å²) in [6.45, 7) is 1.20. The number of likely N-dealkylation sites (tertiary alicyclic amines) is 1. The van der Waals surface area contributed by atoms with E-state index in [1.165, 1.54) is 17.7 Å². The number of benzene rings is 1. The molecule has 146 valence electrons. The third-order valence-electron chi connectivity index (χ3n) is 5.60. The van der Waals surface area contributed by atoms with Gasteiger partial charge in [-0.1, -0.05) is 12.8 Å². The molecular formula is C21H29N3O2S. The Morgan fingerprint density at radius 1 is 1.26 bits per heavy atom. The molecule has 0 aromatic heterocycles. The molecule has 6 heteroatoms. The minimum Gasteiger partial charge on any atom is -0.475 e. The van der Waals surface area contributed by atoms with Crippen molar-refractivity contribution in [3.8, 4) is 11.8 Å². The molecule has 3 atom stereocenters. The van der Waals surface area contributed by atoms with Crippen molar-refractivity contribution in [1.29, 1.82) is 5.26 Å². The van der Waals surface area contributed by atoms with Crippen molar-refractivity contribution in [2.24, 2.45) is 11.8 Å². The van der Waals surface area contributed by atoms with Gasteiger partial charge in [0.15, 0.2) is 6.23 Å². The summed E-state index contributed by atoms with van der Waals surface area (Å²) in [5.41, 5.74) is 0. The van der Waals surface area contributed by atoms with Gasteiger partial charge in [0.2, 0.25) is 5.91 Å². The van der Waals surface area contributed by atoms with Crippen molar-refractivity contribution in [2.75, 3.05) is 25.9 Å². The van der Waals surface area contributed by atoms with Crippen molar-refractivity contribution < 1.29 is 9.53 Å². The van der Waals surface area contributed by atoms with Crippen LogP contribution in [-0.4, -0.2) is 42.9 Å². The molecular weight excluding hydrogens is 358 g/mol. The van der Waals surface area contributed by atoms with E-state index in [1.807, 2.05) is 30.0 Å². The maximum Gasteiger partial charge on any atom is 0.224 e. The Morgan fingerprint density at radius 3 is 2.74 bits per heavy atom. The van der Waals surface area contributed by atoms with Crippen molar-refractivity contribution >= 4 is 17.7 Å². The first-order chi connectivity index (χ1) is 13.2. The standard InChI is InChI=1S/C21H29N3O2S/c1-24-14-4-7-20(24)26-17-8-10-18(11-9-17)27-15-16-5-2-3-6-19(16)21(25)23-13-12-22/h8-11,16,19-20H,2-7,13-15H2,1H3,(H,23,25)/t16-,19+,20?/m0/s1. The lowest BCUT2D eigenvalue weighted by Crippen LogP contribution is -2.37. The average Bonchev–Trinajstić information content (AvgIpc) is 3.10. The van der Waals surface area contributed by atoms with E-state index in [9.17, 15) is 4.79 Å². The van der Waals surface area contributed by atoms with Gasteiger partial charge in [-0.05, 0) is 62.9 Å². The Hall–Kier alpha value is -1.71. The minimum atomic E-state index is 0.0418. The van der Waals surface area contributed by atoms with Gasteiger partial charge in [-0.25, -0.2) is 0 Å². The highest BCUT2D eigenvalue weighted by atomic mass is 32.2. The molecule has 27 heavy (non-hydrogen) atoms.